The fraction of sp³-hybridized carbons (Fsp3) is 0.607. The normalized spacial score (nSPS) is 18.5. The zero-order valence-corrected chi connectivity index (χ0v) is 22.1. The van der Waals surface area contributed by atoms with E-state index in [1.807, 2.05) is 29.2 Å². The molecule has 1 amide bonds. The van der Waals surface area contributed by atoms with Gasteiger partial charge in [-0.25, -0.2) is 9.97 Å². The average molecular weight is 498 g/mol. The number of carbonyl (C=O) groups excluding carboxylic acids is 1. The minimum Gasteiger partial charge on any atom is -0.353 e. The lowest BCUT2D eigenvalue weighted by atomic mass is 9.96. The lowest BCUT2D eigenvalue weighted by Gasteiger charge is -2.38. The van der Waals surface area contributed by atoms with Crippen LogP contribution in [0, 0.1) is 0 Å². The minimum absolute atomic E-state index is 0.197. The van der Waals surface area contributed by atoms with Crippen LogP contribution in [0.4, 0.5) is 5.82 Å². The van der Waals surface area contributed by atoms with E-state index in [1.54, 1.807) is 6.33 Å². The van der Waals surface area contributed by atoms with Gasteiger partial charge in [0.25, 0.3) is 0 Å². The Labute approximate surface area is 215 Å². The number of amides is 1. The first-order valence-corrected chi connectivity index (χ1v) is 13.8. The molecule has 4 rings (SSSR count). The van der Waals surface area contributed by atoms with Gasteiger partial charge in [-0.05, 0) is 49.4 Å². The number of benzene rings is 1. The summed E-state index contributed by atoms with van der Waals surface area (Å²) in [6.45, 7) is 9.16. The fourth-order valence-corrected chi connectivity index (χ4v) is 5.50. The highest BCUT2D eigenvalue weighted by atomic mass is 35.5. The molecular formula is C28H40ClN5O. The lowest BCUT2D eigenvalue weighted by Crippen LogP contribution is -2.51. The number of nitrogens with one attached hydrogen (secondary N) is 1. The summed E-state index contributed by atoms with van der Waals surface area (Å²) in [7, 11) is 0. The third-order valence-corrected chi connectivity index (χ3v) is 7.77. The zero-order valence-electron chi connectivity index (χ0n) is 21.3. The molecule has 0 bridgehead atoms. The largest absolute Gasteiger partial charge is 0.353 e. The SMILES string of the molecule is CCCCCCCNCC(C(=O)N1CCN(c2ncnc3c2C(C)CC3)CC1)c1ccc(Cl)cc1. The molecule has 0 spiro atoms. The Kier molecular flexibility index (Phi) is 9.38. The van der Waals surface area contributed by atoms with Crippen LogP contribution in [0.3, 0.4) is 0 Å². The van der Waals surface area contributed by atoms with E-state index in [2.05, 4.69) is 34.0 Å². The maximum absolute atomic E-state index is 13.7. The van der Waals surface area contributed by atoms with Crippen LogP contribution in [-0.2, 0) is 11.2 Å². The molecule has 2 aliphatic rings. The number of aryl methyl sites for hydroxylation is 1. The van der Waals surface area contributed by atoms with Gasteiger partial charge in [0, 0.05) is 49.0 Å². The van der Waals surface area contributed by atoms with Gasteiger partial charge < -0.3 is 15.1 Å². The number of piperazine rings is 1. The summed E-state index contributed by atoms with van der Waals surface area (Å²) in [6, 6.07) is 7.76. The number of fused-ring (bicyclic) bond motifs is 1. The summed E-state index contributed by atoms with van der Waals surface area (Å²) in [6.07, 6.45) is 10.1. The topological polar surface area (TPSA) is 61.4 Å². The molecule has 6 nitrogen and oxygen atoms in total. The summed E-state index contributed by atoms with van der Waals surface area (Å²) in [5.41, 5.74) is 3.54. The van der Waals surface area contributed by atoms with Crippen LogP contribution in [0.5, 0.6) is 0 Å². The molecular weight excluding hydrogens is 458 g/mol. The predicted octanol–water partition coefficient (Wildman–Crippen LogP) is 5.17. The quantitative estimate of drug-likeness (QED) is 0.434. The van der Waals surface area contributed by atoms with E-state index in [1.165, 1.54) is 36.9 Å². The molecule has 2 atom stereocenters. The number of rotatable bonds is 11. The summed E-state index contributed by atoms with van der Waals surface area (Å²) >= 11 is 6.13. The first-order valence-electron chi connectivity index (χ1n) is 13.4. The molecule has 0 radical (unpaired) electrons. The van der Waals surface area contributed by atoms with E-state index < -0.39 is 0 Å². The van der Waals surface area contributed by atoms with Crippen LogP contribution < -0.4 is 10.2 Å². The van der Waals surface area contributed by atoms with Gasteiger partial charge in [0.05, 0.1) is 5.92 Å². The fourth-order valence-electron chi connectivity index (χ4n) is 5.38. The van der Waals surface area contributed by atoms with Crippen molar-refractivity contribution in [3.63, 3.8) is 0 Å². The van der Waals surface area contributed by atoms with Crippen molar-refractivity contribution in [1.29, 1.82) is 0 Å². The molecule has 1 N–H and O–H groups in total. The van der Waals surface area contributed by atoms with Gasteiger partial charge in [-0.2, -0.15) is 0 Å². The average Bonchev–Trinajstić information content (AvgIpc) is 3.27. The van der Waals surface area contributed by atoms with Crippen molar-refractivity contribution < 1.29 is 4.79 Å². The molecule has 1 aliphatic heterocycles. The van der Waals surface area contributed by atoms with Crippen molar-refractivity contribution in [2.45, 2.75) is 70.6 Å². The first-order chi connectivity index (χ1) is 17.1. The maximum Gasteiger partial charge on any atom is 0.231 e. The number of hydrogen-bond donors (Lipinski definition) is 1. The van der Waals surface area contributed by atoms with Gasteiger partial charge in [-0.15, -0.1) is 0 Å². The zero-order chi connectivity index (χ0) is 24.6. The van der Waals surface area contributed by atoms with Gasteiger partial charge in [0.15, 0.2) is 0 Å². The van der Waals surface area contributed by atoms with Gasteiger partial charge in [0.2, 0.25) is 5.91 Å². The van der Waals surface area contributed by atoms with Crippen LogP contribution >= 0.6 is 11.6 Å². The Balaban J connectivity index is 1.37. The highest BCUT2D eigenvalue weighted by molar-refractivity contribution is 6.30. The maximum atomic E-state index is 13.7. The van der Waals surface area contributed by atoms with E-state index in [9.17, 15) is 4.79 Å². The monoisotopic (exact) mass is 497 g/mol. The molecule has 190 valence electrons. The number of unbranched alkanes of at least 4 members (excludes halogenated alkanes) is 4. The molecule has 1 saturated heterocycles. The summed E-state index contributed by atoms with van der Waals surface area (Å²) < 4.78 is 0. The van der Waals surface area contributed by atoms with E-state index in [-0.39, 0.29) is 11.8 Å². The number of halogens is 1. The van der Waals surface area contributed by atoms with E-state index in [4.69, 9.17) is 11.6 Å². The van der Waals surface area contributed by atoms with Crippen molar-refractivity contribution in [3.8, 4) is 0 Å². The number of anilines is 1. The van der Waals surface area contributed by atoms with Crippen LogP contribution in [0.15, 0.2) is 30.6 Å². The second kappa shape index (κ2) is 12.7. The molecule has 1 fully saturated rings. The Bertz CT molecular complexity index is 958. The Hall–Kier alpha value is -2.18. The molecule has 7 heteroatoms. The smallest absolute Gasteiger partial charge is 0.231 e. The van der Waals surface area contributed by atoms with Crippen molar-refractivity contribution in [2.75, 3.05) is 44.2 Å². The minimum atomic E-state index is -0.197. The molecule has 1 aliphatic carbocycles. The third kappa shape index (κ3) is 6.53. The first kappa shape index (κ1) is 25.9. The van der Waals surface area contributed by atoms with E-state index in [0.717, 1.165) is 50.3 Å². The standard InChI is InChI=1S/C28H40ClN5O/c1-3-4-5-6-7-14-30-19-24(22-9-11-23(29)12-10-22)28(35)34-17-15-33(16-18-34)27-26-21(2)8-13-25(26)31-20-32-27/h9-12,20-21,24,30H,3-8,13-19H2,1-2H3. The second-order valence-electron chi connectivity index (χ2n) is 10.0. The third-order valence-electron chi connectivity index (χ3n) is 7.52. The van der Waals surface area contributed by atoms with Crippen LogP contribution in [0.2, 0.25) is 5.02 Å². The number of nitrogens with zero attached hydrogens (tertiary/aromatic N) is 4. The molecule has 2 heterocycles. The van der Waals surface area contributed by atoms with E-state index >= 15 is 0 Å². The van der Waals surface area contributed by atoms with Crippen molar-refractivity contribution in [2.24, 2.45) is 0 Å². The molecule has 0 saturated carbocycles. The Morgan fingerprint density at radius 3 is 2.57 bits per heavy atom. The van der Waals surface area contributed by atoms with Crippen molar-refractivity contribution >= 4 is 23.3 Å². The summed E-state index contributed by atoms with van der Waals surface area (Å²) in [4.78, 5) is 27.2. The number of hydrogen-bond acceptors (Lipinski definition) is 5. The highest BCUT2D eigenvalue weighted by Crippen LogP contribution is 2.37. The molecule has 2 unspecified atom stereocenters. The van der Waals surface area contributed by atoms with Gasteiger partial charge >= 0.3 is 0 Å². The Morgan fingerprint density at radius 1 is 1.09 bits per heavy atom. The van der Waals surface area contributed by atoms with Crippen molar-refractivity contribution in [1.82, 2.24) is 20.2 Å². The van der Waals surface area contributed by atoms with Crippen LogP contribution in [-0.4, -0.2) is 60.0 Å². The lowest BCUT2D eigenvalue weighted by molar-refractivity contribution is -0.133. The number of carbonyl (C=O) groups is 1. The molecule has 35 heavy (non-hydrogen) atoms. The molecule has 1 aromatic carbocycles. The second-order valence-corrected chi connectivity index (χ2v) is 10.5. The highest BCUT2D eigenvalue weighted by Gasteiger charge is 2.31. The molecule has 1 aromatic heterocycles. The van der Waals surface area contributed by atoms with Crippen LogP contribution in [0.1, 0.15) is 81.0 Å². The van der Waals surface area contributed by atoms with Crippen molar-refractivity contribution in [3.05, 3.63) is 52.4 Å². The molecule has 2 aromatic rings. The Morgan fingerprint density at radius 2 is 1.83 bits per heavy atom. The van der Waals surface area contributed by atoms with Gasteiger partial charge in [-0.3, -0.25) is 4.79 Å². The summed E-state index contributed by atoms with van der Waals surface area (Å²) in [5, 5.41) is 4.25. The van der Waals surface area contributed by atoms with E-state index in [0.29, 0.717) is 30.6 Å². The van der Waals surface area contributed by atoms with Gasteiger partial charge in [-0.1, -0.05) is 63.3 Å². The van der Waals surface area contributed by atoms with Crippen LogP contribution in [0.25, 0.3) is 0 Å². The summed E-state index contributed by atoms with van der Waals surface area (Å²) in [5.74, 6) is 1.58. The van der Waals surface area contributed by atoms with Gasteiger partial charge in [0.1, 0.15) is 12.1 Å². The number of aromatic nitrogens is 2. The predicted molar refractivity (Wildman–Crippen MR) is 143 cm³/mol.